The first-order valence-electron chi connectivity index (χ1n) is 11.2. The minimum absolute atomic E-state index is 0.0350. The van der Waals surface area contributed by atoms with E-state index in [4.69, 9.17) is 0 Å². The van der Waals surface area contributed by atoms with Crippen molar-refractivity contribution in [3.05, 3.63) is 57.8 Å². The quantitative estimate of drug-likeness (QED) is 0.700. The average Bonchev–Trinajstić information content (AvgIpc) is 3.25. The number of hydrogen-bond acceptors (Lipinski definition) is 3. The first-order chi connectivity index (χ1) is 14.5. The van der Waals surface area contributed by atoms with Gasteiger partial charge in [-0.05, 0) is 47.8 Å². The van der Waals surface area contributed by atoms with Gasteiger partial charge < -0.3 is 10.2 Å². The maximum absolute atomic E-state index is 13.8. The van der Waals surface area contributed by atoms with Gasteiger partial charge in [0.2, 0.25) is 5.91 Å². The molecule has 0 spiro atoms. The molecule has 1 N–H and O–H groups in total. The molecule has 1 aromatic carbocycles. The van der Waals surface area contributed by atoms with Crippen LogP contribution in [0, 0.1) is 11.8 Å². The number of fused-ring (bicyclic) bond motifs is 1. The molecule has 1 aliphatic heterocycles. The highest BCUT2D eigenvalue weighted by atomic mass is 32.1. The Bertz CT molecular complexity index is 892. The Kier molecular flexibility index (Phi) is 6.28. The fourth-order valence-corrected chi connectivity index (χ4v) is 5.92. The van der Waals surface area contributed by atoms with Crippen molar-refractivity contribution >= 4 is 23.2 Å². The topological polar surface area (TPSA) is 49.4 Å². The lowest BCUT2D eigenvalue weighted by atomic mass is 9.80. The molecule has 1 aliphatic carbocycles. The lowest BCUT2D eigenvalue weighted by Gasteiger charge is -2.42. The van der Waals surface area contributed by atoms with Gasteiger partial charge in [0, 0.05) is 23.0 Å². The van der Waals surface area contributed by atoms with Crippen LogP contribution in [0.15, 0.2) is 41.8 Å². The third-order valence-corrected chi connectivity index (χ3v) is 7.50. The van der Waals surface area contributed by atoms with Crippen molar-refractivity contribution in [1.29, 1.82) is 0 Å². The number of nitrogens with zero attached hydrogens (tertiary/aromatic N) is 1. The van der Waals surface area contributed by atoms with Crippen molar-refractivity contribution in [2.45, 2.75) is 64.5 Å². The smallest absolute Gasteiger partial charge is 0.254 e. The summed E-state index contributed by atoms with van der Waals surface area (Å²) in [6.07, 6.45) is 4.62. The van der Waals surface area contributed by atoms with Gasteiger partial charge in [-0.1, -0.05) is 57.9 Å². The Balaban J connectivity index is 1.76. The minimum Gasteiger partial charge on any atom is -0.352 e. The maximum Gasteiger partial charge on any atom is 0.254 e. The van der Waals surface area contributed by atoms with Gasteiger partial charge in [-0.2, -0.15) is 0 Å². The Morgan fingerprint density at radius 3 is 2.63 bits per heavy atom. The summed E-state index contributed by atoms with van der Waals surface area (Å²) >= 11 is 1.63. The van der Waals surface area contributed by atoms with Crippen LogP contribution in [0.1, 0.15) is 79.2 Å². The number of benzene rings is 1. The molecular formula is C25H32N2O2S. The van der Waals surface area contributed by atoms with Crippen molar-refractivity contribution in [2.75, 3.05) is 6.54 Å². The third kappa shape index (κ3) is 4.04. The number of thiophene rings is 1. The van der Waals surface area contributed by atoms with Crippen LogP contribution in [0.5, 0.6) is 0 Å². The lowest BCUT2D eigenvalue weighted by molar-refractivity contribution is -0.125. The molecule has 4 atom stereocenters. The summed E-state index contributed by atoms with van der Waals surface area (Å²) in [6, 6.07) is 11.7. The number of nitrogens with one attached hydrogen (secondary N) is 1. The molecule has 4 rings (SSSR count). The molecule has 0 bridgehead atoms. The highest BCUT2D eigenvalue weighted by Gasteiger charge is 2.45. The van der Waals surface area contributed by atoms with Gasteiger partial charge in [-0.25, -0.2) is 0 Å². The maximum atomic E-state index is 13.8. The van der Waals surface area contributed by atoms with Crippen molar-refractivity contribution in [1.82, 2.24) is 10.2 Å². The summed E-state index contributed by atoms with van der Waals surface area (Å²) in [4.78, 5) is 30.3. The van der Waals surface area contributed by atoms with E-state index in [2.05, 4.69) is 32.2 Å². The summed E-state index contributed by atoms with van der Waals surface area (Å²) in [5.74, 6) is 0.526. The summed E-state index contributed by atoms with van der Waals surface area (Å²) < 4.78 is 0. The van der Waals surface area contributed by atoms with Gasteiger partial charge in [-0.3, -0.25) is 9.59 Å². The summed E-state index contributed by atoms with van der Waals surface area (Å²) in [5.41, 5.74) is 1.53. The fourth-order valence-electron chi connectivity index (χ4n) is 5.05. The Labute approximate surface area is 183 Å². The molecule has 0 radical (unpaired) electrons. The Morgan fingerprint density at radius 2 is 1.93 bits per heavy atom. The van der Waals surface area contributed by atoms with Crippen molar-refractivity contribution in [3.63, 3.8) is 0 Å². The second-order valence-corrected chi connectivity index (χ2v) is 10.2. The molecule has 160 valence electrons. The molecule has 2 aliphatic rings. The van der Waals surface area contributed by atoms with Crippen molar-refractivity contribution in [3.8, 4) is 0 Å². The standard InChI is InChI=1S/C25H32N2O2S/c1-16(2)15-27-23(21-13-8-14-30-21)22(18-10-5-6-11-19(18)25(27)29)24(28)26-20-12-7-4-9-17(20)3/h5-6,8,10-11,13-14,16-17,20,22-23H,4,7,9,12,15H2,1-3H3,(H,26,28)/t17-,20-,22+,23-/m1/s1. The molecule has 0 unspecified atom stereocenters. The number of carbonyl (C=O) groups is 2. The van der Waals surface area contributed by atoms with Crippen LogP contribution in [0.3, 0.4) is 0 Å². The van der Waals surface area contributed by atoms with E-state index < -0.39 is 0 Å². The summed E-state index contributed by atoms with van der Waals surface area (Å²) in [7, 11) is 0. The first-order valence-corrected chi connectivity index (χ1v) is 12.1. The molecule has 5 heteroatoms. The van der Waals surface area contributed by atoms with Gasteiger partial charge in [0.15, 0.2) is 0 Å². The predicted octanol–water partition coefficient (Wildman–Crippen LogP) is 5.38. The molecule has 30 heavy (non-hydrogen) atoms. The van der Waals surface area contributed by atoms with E-state index in [1.54, 1.807) is 11.3 Å². The SMILES string of the molecule is CC(C)CN1C(=O)c2ccccc2[C@H](C(=O)N[C@@H]2CCCC[C@H]2C)[C@H]1c1cccs1. The zero-order valence-electron chi connectivity index (χ0n) is 18.1. The minimum atomic E-state index is -0.384. The van der Waals surface area contributed by atoms with Gasteiger partial charge in [0.05, 0.1) is 12.0 Å². The Morgan fingerprint density at radius 1 is 1.17 bits per heavy atom. The lowest BCUT2D eigenvalue weighted by Crippen LogP contribution is -2.51. The van der Waals surface area contributed by atoms with Crippen LogP contribution in [0.25, 0.3) is 0 Å². The first kappa shape index (κ1) is 21.1. The number of amides is 2. The second-order valence-electron chi connectivity index (χ2n) is 9.25. The van der Waals surface area contributed by atoms with Crippen LogP contribution < -0.4 is 5.32 Å². The molecule has 2 aromatic rings. The van der Waals surface area contributed by atoms with Crippen LogP contribution >= 0.6 is 11.3 Å². The molecule has 2 heterocycles. The molecule has 1 aromatic heterocycles. The zero-order chi connectivity index (χ0) is 21.3. The van der Waals surface area contributed by atoms with E-state index >= 15 is 0 Å². The Hall–Kier alpha value is -2.14. The normalized spacial score (nSPS) is 26.5. The van der Waals surface area contributed by atoms with Crippen LogP contribution in [0.2, 0.25) is 0 Å². The van der Waals surface area contributed by atoms with E-state index in [0.717, 1.165) is 16.9 Å². The molecule has 4 nitrogen and oxygen atoms in total. The van der Waals surface area contributed by atoms with E-state index in [0.29, 0.717) is 23.9 Å². The molecule has 0 saturated heterocycles. The number of rotatable bonds is 5. The average molecular weight is 425 g/mol. The molecular weight excluding hydrogens is 392 g/mol. The third-order valence-electron chi connectivity index (χ3n) is 6.56. The second kappa shape index (κ2) is 8.93. The fraction of sp³-hybridized carbons (Fsp3) is 0.520. The predicted molar refractivity (Wildman–Crippen MR) is 122 cm³/mol. The van der Waals surface area contributed by atoms with E-state index in [1.807, 2.05) is 40.6 Å². The van der Waals surface area contributed by atoms with E-state index in [1.165, 1.54) is 19.3 Å². The van der Waals surface area contributed by atoms with Gasteiger partial charge in [0.1, 0.15) is 0 Å². The van der Waals surface area contributed by atoms with E-state index in [9.17, 15) is 9.59 Å². The molecule has 1 fully saturated rings. The largest absolute Gasteiger partial charge is 0.352 e. The zero-order valence-corrected chi connectivity index (χ0v) is 19.0. The number of carbonyl (C=O) groups excluding carboxylic acids is 2. The summed E-state index contributed by atoms with van der Waals surface area (Å²) in [6.45, 7) is 7.12. The molecule has 1 saturated carbocycles. The highest BCUT2D eigenvalue weighted by molar-refractivity contribution is 7.10. The van der Waals surface area contributed by atoms with Gasteiger partial charge in [-0.15, -0.1) is 11.3 Å². The van der Waals surface area contributed by atoms with Gasteiger partial charge in [0.25, 0.3) is 5.91 Å². The molecule has 2 amide bonds. The van der Waals surface area contributed by atoms with Crippen molar-refractivity contribution < 1.29 is 9.59 Å². The van der Waals surface area contributed by atoms with Crippen LogP contribution in [0.4, 0.5) is 0 Å². The van der Waals surface area contributed by atoms with E-state index in [-0.39, 0.29) is 29.8 Å². The van der Waals surface area contributed by atoms with Gasteiger partial charge >= 0.3 is 0 Å². The number of hydrogen-bond donors (Lipinski definition) is 1. The highest BCUT2D eigenvalue weighted by Crippen LogP contribution is 2.44. The van der Waals surface area contributed by atoms with Crippen LogP contribution in [-0.4, -0.2) is 29.3 Å². The monoisotopic (exact) mass is 424 g/mol. The van der Waals surface area contributed by atoms with Crippen molar-refractivity contribution in [2.24, 2.45) is 11.8 Å². The van der Waals surface area contributed by atoms with Crippen LogP contribution in [-0.2, 0) is 4.79 Å². The summed E-state index contributed by atoms with van der Waals surface area (Å²) in [5, 5.41) is 5.42.